The summed E-state index contributed by atoms with van der Waals surface area (Å²) in [6.45, 7) is 6.45. The lowest BCUT2D eigenvalue weighted by atomic mass is 9.98. The van der Waals surface area contributed by atoms with Crippen molar-refractivity contribution < 1.29 is 9.53 Å². The van der Waals surface area contributed by atoms with Gasteiger partial charge in [-0.05, 0) is 43.9 Å². The Morgan fingerprint density at radius 2 is 2.09 bits per heavy atom. The highest BCUT2D eigenvalue weighted by molar-refractivity contribution is 5.81. The van der Waals surface area contributed by atoms with E-state index in [0.29, 0.717) is 13.1 Å². The lowest BCUT2D eigenvalue weighted by Gasteiger charge is -2.21. The normalized spacial score (nSPS) is 13.1. The maximum absolute atomic E-state index is 11.8. The Bertz CT molecular complexity index is 655. The summed E-state index contributed by atoms with van der Waals surface area (Å²) in [5.41, 5.74) is 7.66. The predicted molar refractivity (Wildman–Crippen MR) is 89.0 cm³/mol. The van der Waals surface area contributed by atoms with E-state index < -0.39 is 11.7 Å². The fourth-order valence-corrected chi connectivity index (χ4v) is 2.39. The van der Waals surface area contributed by atoms with E-state index in [1.54, 1.807) is 0 Å². The van der Waals surface area contributed by atoms with Crippen LogP contribution in [0.15, 0.2) is 30.5 Å². The van der Waals surface area contributed by atoms with Crippen LogP contribution in [-0.2, 0) is 11.8 Å². The minimum atomic E-state index is -0.496. The number of nitrogens with zero attached hydrogens (tertiary/aromatic N) is 1. The van der Waals surface area contributed by atoms with Crippen LogP contribution in [0.4, 0.5) is 4.79 Å². The molecule has 2 rings (SSSR count). The smallest absolute Gasteiger partial charge is 0.407 e. The number of alkyl carbamates (subject to hydrolysis) is 1. The Labute approximate surface area is 131 Å². The monoisotopic (exact) mass is 303 g/mol. The average Bonchev–Trinajstić information content (AvgIpc) is 2.79. The summed E-state index contributed by atoms with van der Waals surface area (Å²) >= 11 is 0. The summed E-state index contributed by atoms with van der Waals surface area (Å²) in [6, 6.07) is 8.36. The number of nitrogens with one attached hydrogen (secondary N) is 1. The molecule has 1 amide bonds. The zero-order valence-corrected chi connectivity index (χ0v) is 13.7. The van der Waals surface area contributed by atoms with E-state index in [1.165, 1.54) is 5.39 Å². The SMILES string of the molecule is Cn1ccc2ccc(C(CN)CNC(=O)OC(C)(C)C)cc21. The second-order valence-electron chi connectivity index (χ2n) is 6.56. The van der Waals surface area contributed by atoms with Crippen LogP contribution in [0.5, 0.6) is 0 Å². The van der Waals surface area contributed by atoms with Crippen molar-refractivity contribution in [1.82, 2.24) is 9.88 Å². The summed E-state index contributed by atoms with van der Waals surface area (Å²) < 4.78 is 7.33. The van der Waals surface area contributed by atoms with Gasteiger partial charge < -0.3 is 20.4 Å². The number of hydrogen-bond acceptors (Lipinski definition) is 3. The first-order valence-electron chi connectivity index (χ1n) is 7.52. The standard InChI is InChI=1S/C17H25N3O2/c1-17(2,3)22-16(21)19-11-14(10-18)13-6-5-12-7-8-20(4)15(12)9-13/h5-9,14H,10-11,18H2,1-4H3,(H,19,21). The molecule has 0 aliphatic carbocycles. The molecule has 0 fully saturated rings. The van der Waals surface area contributed by atoms with Crippen molar-refractivity contribution in [2.45, 2.75) is 32.3 Å². The van der Waals surface area contributed by atoms with Crippen molar-refractivity contribution >= 4 is 17.0 Å². The van der Waals surface area contributed by atoms with Gasteiger partial charge in [-0.25, -0.2) is 4.79 Å². The van der Waals surface area contributed by atoms with Gasteiger partial charge >= 0.3 is 6.09 Å². The predicted octanol–water partition coefficient (Wildman–Crippen LogP) is 2.75. The number of benzene rings is 1. The van der Waals surface area contributed by atoms with E-state index in [0.717, 1.165) is 11.1 Å². The molecule has 3 N–H and O–H groups in total. The third-order valence-corrected chi connectivity index (χ3v) is 3.56. The highest BCUT2D eigenvalue weighted by Crippen LogP contribution is 2.21. The molecule has 0 radical (unpaired) electrons. The first-order valence-corrected chi connectivity index (χ1v) is 7.52. The third kappa shape index (κ3) is 4.01. The Hall–Kier alpha value is -2.01. The van der Waals surface area contributed by atoms with Gasteiger partial charge in [-0.1, -0.05) is 12.1 Å². The minimum Gasteiger partial charge on any atom is -0.444 e. The van der Waals surface area contributed by atoms with Crippen LogP contribution in [-0.4, -0.2) is 29.4 Å². The van der Waals surface area contributed by atoms with Crippen molar-refractivity contribution in [2.24, 2.45) is 12.8 Å². The molecule has 0 aliphatic heterocycles. The highest BCUT2D eigenvalue weighted by Gasteiger charge is 2.18. The van der Waals surface area contributed by atoms with Gasteiger partial charge in [-0.2, -0.15) is 0 Å². The van der Waals surface area contributed by atoms with E-state index in [4.69, 9.17) is 10.5 Å². The number of carbonyl (C=O) groups is 1. The quantitative estimate of drug-likeness (QED) is 0.912. The fraction of sp³-hybridized carbons (Fsp3) is 0.471. The highest BCUT2D eigenvalue weighted by atomic mass is 16.6. The van der Waals surface area contributed by atoms with Crippen molar-refractivity contribution in [3.8, 4) is 0 Å². The molecule has 0 spiro atoms. The van der Waals surface area contributed by atoms with E-state index in [-0.39, 0.29) is 5.92 Å². The van der Waals surface area contributed by atoms with Crippen LogP contribution in [0.1, 0.15) is 32.3 Å². The molecular formula is C17H25N3O2. The van der Waals surface area contributed by atoms with E-state index >= 15 is 0 Å². The summed E-state index contributed by atoms with van der Waals surface area (Å²) in [4.78, 5) is 11.8. The lowest BCUT2D eigenvalue weighted by molar-refractivity contribution is 0.0525. The lowest BCUT2D eigenvalue weighted by Crippen LogP contribution is -2.36. The first kappa shape index (κ1) is 16.4. The molecule has 0 bridgehead atoms. The fourth-order valence-electron chi connectivity index (χ4n) is 2.39. The third-order valence-electron chi connectivity index (χ3n) is 3.56. The van der Waals surface area contributed by atoms with Gasteiger partial charge in [0.1, 0.15) is 5.60 Å². The Morgan fingerprint density at radius 1 is 1.36 bits per heavy atom. The van der Waals surface area contributed by atoms with Gasteiger partial charge in [0.2, 0.25) is 0 Å². The molecule has 120 valence electrons. The number of hydrogen-bond donors (Lipinski definition) is 2. The molecular weight excluding hydrogens is 278 g/mol. The zero-order valence-electron chi connectivity index (χ0n) is 13.7. The number of amides is 1. The van der Waals surface area contributed by atoms with Crippen molar-refractivity contribution in [2.75, 3.05) is 13.1 Å². The Balaban J connectivity index is 2.06. The molecule has 1 atom stereocenters. The van der Waals surface area contributed by atoms with Crippen molar-refractivity contribution in [1.29, 1.82) is 0 Å². The number of fused-ring (bicyclic) bond motifs is 1. The number of aromatic nitrogens is 1. The molecule has 0 saturated heterocycles. The number of ether oxygens (including phenoxy) is 1. The van der Waals surface area contributed by atoms with Gasteiger partial charge in [0.05, 0.1) is 0 Å². The van der Waals surface area contributed by atoms with Crippen LogP contribution < -0.4 is 11.1 Å². The topological polar surface area (TPSA) is 69.3 Å². The summed E-state index contributed by atoms with van der Waals surface area (Å²) in [5.74, 6) is 0.0619. The van der Waals surface area contributed by atoms with Crippen LogP contribution in [0.25, 0.3) is 10.9 Å². The molecule has 1 unspecified atom stereocenters. The zero-order chi connectivity index (χ0) is 16.3. The van der Waals surface area contributed by atoms with Crippen LogP contribution >= 0.6 is 0 Å². The molecule has 22 heavy (non-hydrogen) atoms. The molecule has 2 aromatic rings. The number of nitrogens with two attached hydrogens (primary N) is 1. The number of aryl methyl sites for hydroxylation is 1. The van der Waals surface area contributed by atoms with E-state index in [2.05, 4.69) is 34.1 Å². The minimum absolute atomic E-state index is 0.0619. The Kier molecular flexibility index (Phi) is 4.76. The van der Waals surface area contributed by atoms with Crippen LogP contribution in [0, 0.1) is 0 Å². The molecule has 5 heteroatoms. The maximum Gasteiger partial charge on any atom is 0.407 e. The summed E-state index contributed by atoms with van der Waals surface area (Å²) in [6.07, 6.45) is 1.62. The van der Waals surface area contributed by atoms with E-state index in [9.17, 15) is 4.79 Å². The van der Waals surface area contributed by atoms with Crippen molar-refractivity contribution in [3.63, 3.8) is 0 Å². The Morgan fingerprint density at radius 3 is 2.73 bits per heavy atom. The van der Waals surface area contributed by atoms with Gasteiger partial charge in [-0.3, -0.25) is 0 Å². The summed E-state index contributed by atoms with van der Waals surface area (Å²) in [5, 5.41) is 3.99. The number of carbonyl (C=O) groups excluding carboxylic acids is 1. The van der Waals surface area contributed by atoms with Crippen LogP contribution in [0.2, 0.25) is 0 Å². The van der Waals surface area contributed by atoms with Gasteiger partial charge in [-0.15, -0.1) is 0 Å². The second-order valence-corrected chi connectivity index (χ2v) is 6.56. The molecule has 5 nitrogen and oxygen atoms in total. The first-order chi connectivity index (χ1) is 10.3. The molecule has 0 aliphatic rings. The van der Waals surface area contributed by atoms with E-state index in [1.807, 2.05) is 34.0 Å². The van der Waals surface area contributed by atoms with Crippen LogP contribution in [0.3, 0.4) is 0 Å². The van der Waals surface area contributed by atoms with Crippen molar-refractivity contribution in [3.05, 3.63) is 36.0 Å². The maximum atomic E-state index is 11.8. The second kappa shape index (κ2) is 6.40. The molecule has 1 aromatic carbocycles. The largest absolute Gasteiger partial charge is 0.444 e. The number of rotatable bonds is 4. The molecule has 0 saturated carbocycles. The van der Waals surface area contributed by atoms with Gasteiger partial charge in [0.15, 0.2) is 0 Å². The van der Waals surface area contributed by atoms with Gasteiger partial charge in [0, 0.05) is 37.8 Å². The average molecular weight is 303 g/mol. The molecule has 1 heterocycles. The summed E-state index contributed by atoms with van der Waals surface area (Å²) in [7, 11) is 2.02. The molecule has 1 aromatic heterocycles. The van der Waals surface area contributed by atoms with Gasteiger partial charge in [0.25, 0.3) is 0 Å².